The molecule has 4 atom stereocenters. The Balaban J connectivity index is 1.54. The van der Waals surface area contributed by atoms with Crippen molar-refractivity contribution in [3.05, 3.63) is 96.1 Å². The molecule has 0 unspecified atom stereocenters. The van der Waals surface area contributed by atoms with Crippen molar-refractivity contribution in [2.75, 3.05) is 0 Å². The molecule has 242 valence electrons. The highest BCUT2D eigenvalue weighted by Crippen LogP contribution is 2.26. The summed E-state index contributed by atoms with van der Waals surface area (Å²) in [5.41, 5.74) is 1.79. The average Bonchev–Trinajstić information content (AvgIpc) is 3.04. The highest BCUT2D eigenvalue weighted by Gasteiger charge is 2.31. The summed E-state index contributed by atoms with van der Waals surface area (Å²) in [6.45, 7) is 4.01. The van der Waals surface area contributed by atoms with Gasteiger partial charge in [0.2, 0.25) is 11.8 Å². The lowest BCUT2D eigenvalue weighted by molar-refractivity contribution is -0.132. The molecule has 0 bridgehead atoms. The monoisotopic (exact) mass is 622 g/mol. The first-order valence-electron chi connectivity index (χ1n) is 16.5. The van der Waals surface area contributed by atoms with Crippen molar-refractivity contribution in [3.8, 4) is 0 Å². The second-order valence-corrected chi connectivity index (χ2v) is 12.9. The standard InChI is InChI=1S/C39H46N2O5/c1-27(2)22-32(39(46)40-33(18-11-21-42)24-31-15-7-9-20-36(31)43)26-37(44)35(41-38(45)23-28-12-4-3-5-13-28)25-30-17-10-16-29-14-6-8-19-34(29)30/h3-6,8,10-14,16-19,21,27,31-33,35H,7,9,15,20,22-26H2,1-2H3,(H,40,46)(H,41,45)/b18-11+/t31-,32+,33+,35-/m0/s1. The number of nitrogens with one attached hydrogen (secondary N) is 2. The first-order chi connectivity index (χ1) is 22.2. The van der Waals surface area contributed by atoms with Crippen LogP contribution in [-0.4, -0.2) is 41.8 Å². The number of carbonyl (C=O) groups is 5. The quantitative estimate of drug-likeness (QED) is 0.148. The number of ketones is 2. The van der Waals surface area contributed by atoms with E-state index in [0.29, 0.717) is 32.0 Å². The van der Waals surface area contributed by atoms with Crippen LogP contribution >= 0.6 is 0 Å². The Morgan fingerprint density at radius 3 is 2.39 bits per heavy atom. The summed E-state index contributed by atoms with van der Waals surface area (Å²) in [5, 5.41) is 8.10. The van der Waals surface area contributed by atoms with Crippen molar-refractivity contribution < 1.29 is 24.0 Å². The lowest BCUT2D eigenvalue weighted by Crippen LogP contribution is -2.46. The van der Waals surface area contributed by atoms with Gasteiger partial charge in [0.05, 0.1) is 12.5 Å². The molecule has 1 aliphatic carbocycles. The summed E-state index contributed by atoms with van der Waals surface area (Å²) in [4.78, 5) is 64.8. The molecule has 0 saturated heterocycles. The minimum absolute atomic E-state index is 0.0441. The summed E-state index contributed by atoms with van der Waals surface area (Å²) >= 11 is 0. The average molecular weight is 623 g/mol. The lowest BCUT2D eigenvalue weighted by Gasteiger charge is -2.27. The minimum Gasteiger partial charge on any atom is -0.350 e. The van der Waals surface area contributed by atoms with Crippen molar-refractivity contribution in [3.63, 3.8) is 0 Å². The minimum atomic E-state index is -0.824. The predicted molar refractivity (Wildman–Crippen MR) is 181 cm³/mol. The fourth-order valence-electron chi connectivity index (χ4n) is 6.48. The topological polar surface area (TPSA) is 109 Å². The highest BCUT2D eigenvalue weighted by atomic mass is 16.2. The number of hydrogen-bond acceptors (Lipinski definition) is 5. The van der Waals surface area contributed by atoms with E-state index < -0.39 is 18.0 Å². The molecular formula is C39H46N2O5. The Morgan fingerprint density at radius 2 is 1.65 bits per heavy atom. The van der Waals surface area contributed by atoms with Gasteiger partial charge in [-0.25, -0.2) is 0 Å². The molecule has 2 amide bonds. The molecule has 1 aliphatic rings. The molecule has 0 heterocycles. The normalized spacial score (nSPS) is 17.0. The van der Waals surface area contributed by atoms with Crippen molar-refractivity contribution in [1.29, 1.82) is 0 Å². The van der Waals surface area contributed by atoms with Crippen LogP contribution in [0, 0.1) is 17.8 Å². The molecule has 2 N–H and O–H groups in total. The Hall–Kier alpha value is -4.39. The SMILES string of the molecule is CC(C)C[C@H](CC(=O)[C@H](Cc1cccc2ccccc12)NC(=O)Cc1ccccc1)C(=O)N[C@H](/C=C/C=O)C[C@@H]1CCCCC1=O. The van der Waals surface area contributed by atoms with Crippen molar-refractivity contribution in [2.24, 2.45) is 17.8 Å². The van der Waals surface area contributed by atoms with Gasteiger partial charge in [0.15, 0.2) is 5.78 Å². The van der Waals surface area contributed by atoms with Gasteiger partial charge in [-0.3, -0.25) is 24.0 Å². The maximum absolute atomic E-state index is 14.1. The van der Waals surface area contributed by atoms with Gasteiger partial charge in [-0.2, -0.15) is 0 Å². The maximum atomic E-state index is 14.1. The number of rotatable bonds is 16. The zero-order valence-electron chi connectivity index (χ0n) is 27.0. The summed E-state index contributed by atoms with van der Waals surface area (Å²) < 4.78 is 0. The molecule has 3 aromatic carbocycles. The van der Waals surface area contributed by atoms with Crippen LogP contribution in [-0.2, 0) is 36.8 Å². The first-order valence-corrected chi connectivity index (χ1v) is 16.5. The number of allylic oxidation sites excluding steroid dienone is 1. The van der Waals surface area contributed by atoms with Crippen LogP contribution < -0.4 is 10.6 Å². The number of hydrogen-bond donors (Lipinski definition) is 2. The third-order valence-electron chi connectivity index (χ3n) is 8.78. The first kappa shape index (κ1) is 34.5. The number of aldehydes is 1. The van der Waals surface area contributed by atoms with E-state index in [9.17, 15) is 24.0 Å². The number of benzene rings is 3. The Kier molecular flexibility index (Phi) is 13.0. The summed E-state index contributed by atoms with van der Waals surface area (Å²) in [5.74, 6) is -1.22. The van der Waals surface area contributed by atoms with Crippen LogP contribution in [0.5, 0.6) is 0 Å². The second-order valence-electron chi connectivity index (χ2n) is 12.9. The number of carbonyl (C=O) groups excluding carboxylic acids is 5. The summed E-state index contributed by atoms with van der Waals surface area (Å²) in [7, 11) is 0. The van der Waals surface area contributed by atoms with Gasteiger partial charge in [-0.15, -0.1) is 0 Å². The molecule has 1 saturated carbocycles. The molecule has 0 spiro atoms. The van der Waals surface area contributed by atoms with Crippen LogP contribution in [0.25, 0.3) is 10.8 Å². The second kappa shape index (κ2) is 17.3. The van der Waals surface area contributed by atoms with Crippen molar-refractivity contribution >= 4 is 40.4 Å². The van der Waals surface area contributed by atoms with Crippen molar-refractivity contribution in [1.82, 2.24) is 10.6 Å². The molecule has 0 aromatic heterocycles. The van der Waals surface area contributed by atoms with Gasteiger partial charge < -0.3 is 10.6 Å². The number of amides is 2. The lowest BCUT2D eigenvalue weighted by atomic mass is 9.83. The fourth-order valence-corrected chi connectivity index (χ4v) is 6.48. The number of fused-ring (bicyclic) bond motifs is 1. The number of Topliss-reactive ketones (excluding diaryl/α,β-unsaturated/α-hetero) is 2. The van der Waals surface area contributed by atoms with Gasteiger partial charge in [0, 0.05) is 37.1 Å². The van der Waals surface area contributed by atoms with Gasteiger partial charge >= 0.3 is 0 Å². The molecule has 3 aromatic rings. The van der Waals surface area contributed by atoms with E-state index in [4.69, 9.17) is 0 Å². The van der Waals surface area contributed by atoms with E-state index >= 15 is 0 Å². The molecular weight excluding hydrogens is 576 g/mol. The zero-order valence-corrected chi connectivity index (χ0v) is 27.0. The Morgan fingerprint density at radius 1 is 0.913 bits per heavy atom. The largest absolute Gasteiger partial charge is 0.350 e. The van der Waals surface area contributed by atoms with Crippen molar-refractivity contribution in [2.45, 2.75) is 83.7 Å². The van der Waals surface area contributed by atoms with E-state index in [1.54, 1.807) is 6.08 Å². The van der Waals surface area contributed by atoms with E-state index in [0.717, 1.165) is 41.2 Å². The van der Waals surface area contributed by atoms with Gasteiger partial charge in [-0.1, -0.05) is 99.1 Å². The summed E-state index contributed by atoms with van der Waals surface area (Å²) in [6, 6.07) is 22.0. The zero-order chi connectivity index (χ0) is 32.9. The molecule has 1 fully saturated rings. The van der Waals surface area contributed by atoms with E-state index in [2.05, 4.69) is 10.6 Å². The van der Waals surface area contributed by atoms with Crippen LogP contribution in [0.3, 0.4) is 0 Å². The van der Waals surface area contributed by atoms with E-state index in [1.807, 2.05) is 86.6 Å². The molecule has 4 rings (SSSR count). The fraction of sp³-hybridized carbons (Fsp3) is 0.410. The molecule has 7 nitrogen and oxygen atoms in total. The van der Waals surface area contributed by atoms with Crippen LogP contribution in [0.4, 0.5) is 0 Å². The highest BCUT2D eigenvalue weighted by molar-refractivity contribution is 5.94. The third-order valence-corrected chi connectivity index (χ3v) is 8.78. The van der Waals surface area contributed by atoms with Gasteiger partial charge in [0.1, 0.15) is 12.1 Å². The smallest absolute Gasteiger partial charge is 0.225 e. The van der Waals surface area contributed by atoms with Crippen LogP contribution in [0.1, 0.15) is 69.9 Å². The maximum Gasteiger partial charge on any atom is 0.225 e. The molecule has 7 heteroatoms. The van der Waals surface area contributed by atoms with Gasteiger partial charge in [-0.05, 0) is 59.6 Å². The van der Waals surface area contributed by atoms with E-state index in [1.165, 1.54) is 6.08 Å². The Bertz CT molecular complexity index is 1520. The Labute approximate surface area is 272 Å². The third kappa shape index (κ3) is 10.3. The van der Waals surface area contributed by atoms with E-state index in [-0.39, 0.29) is 48.1 Å². The molecule has 0 aliphatic heterocycles. The van der Waals surface area contributed by atoms with Crippen LogP contribution in [0.2, 0.25) is 0 Å². The summed E-state index contributed by atoms with van der Waals surface area (Å²) in [6.07, 6.45) is 8.10. The molecule has 46 heavy (non-hydrogen) atoms. The molecule has 0 radical (unpaired) electrons. The van der Waals surface area contributed by atoms with Gasteiger partial charge in [0.25, 0.3) is 0 Å². The predicted octanol–water partition coefficient (Wildman–Crippen LogP) is 6.12. The van der Waals surface area contributed by atoms with Crippen LogP contribution in [0.15, 0.2) is 84.9 Å².